The molecule has 0 saturated carbocycles. The molecule has 6 nitrogen and oxygen atoms in total. The highest BCUT2D eigenvalue weighted by Crippen LogP contribution is 2.19. The number of hydrogen-bond acceptors (Lipinski definition) is 5. The second-order valence-electron chi connectivity index (χ2n) is 4.66. The molecule has 0 spiro atoms. The fraction of sp³-hybridized carbons (Fsp3) is 0.538. The molecule has 6 heteroatoms. The minimum absolute atomic E-state index is 0.0861. The molecule has 19 heavy (non-hydrogen) atoms. The minimum atomic E-state index is -0.500. The maximum absolute atomic E-state index is 10.5. The molecule has 0 saturated heterocycles. The van der Waals surface area contributed by atoms with Crippen LogP contribution in [0.25, 0.3) is 0 Å². The van der Waals surface area contributed by atoms with E-state index in [9.17, 15) is 10.1 Å². The summed E-state index contributed by atoms with van der Waals surface area (Å²) in [6, 6.07) is 0. The number of nitrogens with zero attached hydrogens (tertiary/aromatic N) is 3. The Morgan fingerprint density at radius 1 is 1.26 bits per heavy atom. The highest BCUT2D eigenvalue weighted by atomic mass is 16.6. The van der Waals surface area contributed by atoms with Crippen LogP contribution >= 0.6 is 0 Å². The van der Waals surface area contributed by atoms with E-state index in [-0.39, 0.29) is 5.69 Å². The number of rotatable bonds is 5. The van der Waals surface area contributed by atoms with Crippen LogP contribution in [-0.2, 0) is 0 Å². The molecule has 102 valence electrons. The normalized spacial score (nSPS) is 15.5. The molecule has 1 N–H and O–H groups in total. The Balaban J connectivity index is 1.78. The number of aromatic nitrogens is 2. The third kappa shape index (κ3) is 4.31. The van der Waals surface area contributed by atoms with Crippen LogP contribution in [0, 0.1) is 10.1 Å². The molecule has 0 bridgehead atoms. The van der Waals surface area contributed by atoms with Gasteiger partial charge in [-0.1, -0.05) is 18.1 Å². The first kappa shape index (κ1) is 13.5. The quantitative estimate of drug-likeness (QED) is 0.501. The molecule has 0 aromatic carbocycles. The lowest BCUT2D eigenvalue weighted by atomic mass is 10.1. The lowest BCUT2D eigenvalue weighted by Crippen LogP contribution is -2.06. The molecule has 0 radical (unpaired) electrons. The molecule has 0 unspecified atom stereocenters. The third-order valence-corrected chi connectivity index (χ3v) is 3.21. The zero-order valence-electron chi connectivity index (χ0n) is 10.8. The van der Waals surface area contributed by atoms with Crippen molar-refractivity contribution in [2.45, 2.75) is 38.5 Å². The Labute approximate surface area is 112 Å². The highest BCUT2D eigenvalue weighted by molar-refractivity contribution is 5.30. The monoisotopic (exact) mass is 262 g/mol. The van der Waals surface area contributed by atoms with Gasteiger partial charge < -0.3 is 5.32 Å². The van der Waals surface area contributed by atoms with E-state index in [0.717, 1.165) is 13.0 Å². The standard InChI is InChI=1S/C13H18N4O2/c18-17(19)12-9-15-13(16-10-12)14-8-7-11-5-3-1-2-4-6-11/h5,9-10H,1-4,6-8H2,(H,14,15,16). The van der Waals surface area contributed by atoms with Gasteiger partial charge in [0.2, 0.25) is 5.95 Å². The Morgan fingerprint density at radius 3 is 2.79 bits per heavy atom. The summed E-state index contributed by atoms with van der Waals surface area (Å²) in [5, 5.41) is 13.6. The fourth-order valence-corrected chi connectivity index (χ4v) is 2.15. The molecular formula is C13H18N4O2. The zero-order valence-corrected chi connectivity index (χ0v) is 10.8. The average molecular weight is 262 g/mol. The number of hydrogen-bond donors (Lipinski definition) is 1. The Kier molecular flexibility index (Phi) is 4.83. The van der Waals surface area contributed by atoms with Gasteiger partial charge in [-0.3, -0.25) is 10.1 Å². The summed E-state index contributed by atoms with van der Waals surface area (Å²) in [7, 11) is 0. The molecule has 0 aliphatic heterocycles. The van der Waals surface area contributed by atoms with Crippen molar-refractivity contribution in [3.63, 3.8) is 0 Å². The van der Waals surface area contributed by atoms with E-state index in [0.29, 0.717) is 5.95 Å². The van der Waals surface area contributed by atoms with Crippen LogP contribution < -0.4 is 5.32 Å². The Hall–Kier alpha value is -1.98. The van der Waals surface area contributed by atoms with Crippen molar-refractivity contribution in [2.24, 2.45) is 0 Å². The Bertz CT molecular complexity index is 456. The first-order valence-corrected chi connectivity index (χ1v) is 6.64. The summed E-state index contributed by atoms with van der Waals surface area (Å²) in [5.41, 5.74) is 1.41. The molecule has 1 aromatic heterocycles. The first-order valence-electron chi connectivity index (χ1n) is 6.64. The van der Waals surface area contributed by atoms with Crippen LogP contribution in [0.3, 0.4) is 0 Å². The van der Waals surface area contributed by atoms with Crippen molar-refractivity contribution in [1.82, 2.24) is 9.97 Å². The average Bonchev–Trinajstić information content (AvgIpc) is 2.68. The van der Waals surface area contributed by atoms with Crippen LogP contribution in [0.2, 0.25) is 0 Å². The van der Waals surface area contributed by atoms with Crippen LogP contribution in [0.5, 0.6) is 0 Å². The van der Waals surface area contributed by atoms with Crippen molar-refractivity contribution < 1.29 is 4.92 Å². The van der Waals surface area contributed by atoms with Gasteiger partial charge in [0.15, 0.2) is 0 Å². The number of nitrogens with one attached hydrogen (secondary N) is 1. The van der Waals surface area contributed by atoms with Crippen molar-refractivity contribution in [1.29, 1.82) is 0 Å². The van der Waals surface area contributed by atoms with E-state index < -0.39 is 4.92 Å². The second-order valence-corrected chi connectivity index (χ2v) is 4.66. The predicted octanol–water partition coefficient (Wildman–Crippen LogP) is 3.08. The zero-order chi connectivity index (χ0) is 13.5. The molecular weight excluding hydrogens is 244 g/mol. The maximum atomic E-state index is 10.5. The van der Waals surface area contributed by atoms with E-state index >= 15 is 0 Å². The summed E-state index contributed by atoms with van der Waals surface area (Å²) >= 11 is 0. The summed E-state index contributed by atoms with van der Waals surface area (Å²) < 4.78 is 0. The lowest BCUT2D eigenvalue weighted by molar-refractivity contribution is -0.385. The number of nitro groups is 1. The molecule has 0 atom stereocenters. The van der Waals surface area contributed by atoms with Gasteiger partial charge in [0, 0.05) is 6.54 Å². The van der Waals surface area contributed by atoms with Crippen LogP contribution in [0.4, 0.5) is 11.6 Å². The summed E-state index contributed by atoms with van der Waals surface area (Å²) in [6.07, 6.45) is 12.0. The largest absolute Gasteiger partial charge is 0.354 e. The Morgan fingerprint density at radius 2 is 2.05 bits per heavy atom. The lowest BCUT2D eigenvalue weighted by Gasteiger charge is -2.06. The highest BCUT2D eigenvalue weighted by Gasteiger charge is 2.07. The SMILES string of the molecule is O=[N+]([O-])c1cnc(NCCC2=CCCCCC2)nc1. The van der Waals surface area contributed by atoms with Crippen molar-refractivity contribution in [2.75, 3.05) is 11.9 Å². The molecule has 2 rings (SSSR count). The maximum Gasteiger partial charge on any atom is 0.305 e. The molecule has 0 fully saturated rings. The first-order chi connectivity index (χ1) is 9.25. The van der Waals surface area contributed by atoms with Gasteiger partial charge in [-0.15, -0.1) is 0 Å². The van der Waals surface area contributed by atoms with Crippen molar-refractivity contribution in [3.05, 3.63) is 34.2 Å². The van der Waals surface area contributed by atoms with Gasteiger partial charge in [-0.05, 0) is 32.1 Å². The summed E-state index contributed by atoms with van der Waals surface area (Å²) in [5.74, 6) is 0.444. The second kappa shape index (κ2) is 6.82. The number of anilines is 1. The van der Waals surface area contributed by atoms with Gasteiger partial charge in [0.1, 0.15) is 12.4 Å². The predicted molar refractivity (Wildman–Crippen MR) is 73.0 cm³/mol. The van der Waals surface area contributed by atoms with E-state index in [1.54, 1.807) is 0 Å². The smallest absolute Gasteiger partial charge is 0.305 e. The van der Waals surface area contributed by atoms with Crippen molar-refractivity contribution in [3.8, 4) is 0 Å². The van der Waals surface area contributed by atoms with Gasteiger partial charge in [-0.2, -0.15) is 0 Å². The molecule has 1 heterocycles. The van der Waals surface area contributed by atoms with Crippen molar-refractivity contribution >= 4 is 11.6 Å². The van der Waals surface area contributed by atoms with Crippen LogP contribution in [0.1, 0.15) is 38.5 Å². The van der Waals surface area contributed by atoms with Crippen LogP contribution in [-0.4, -0.2) is 21.4 Å². The molecule has 1 aliphatic carbocycles. The summed E-state index contributed by atoms with van der Waals surface area (Å²) in [4.78, 5) is 17.8. The summed E-state index contributed by atoms with van der Waals surface area (Å²) in [6.45, 7) is 0.768. The minimum Gasteiger partial charge on any atom is -0.354 e. The van der Waals surface area contributed by atoms with Gasteiger partial charge >= 0.3 is 5.69 Å². The van der Waals surface area contributed by atoms with Gasteiger partial charge in [-0.25, -0.2) is 9.97 Å². The molecule has 1 aromatic rings. The molecule has 1 aliphatic rings. The topological polar surface area (TPSA) is 81.0 Å². The van der Waals surface area contributed by atoms with E-state index in [1.807, 2.05) is 0 Å². The fourth-order valence-electron chi connectivity index (χ4n) is 2.15. The number of allylic oxidation sites excluding steroid dienone is 1. The van der Waals surface area contributed by atoms with Gasteiger partial charge in [0.05, 0.1) is 4.92 Å². The van der Waals surface area contributed by atoms with E-state index in [1.165, 1.54) is 50.1 Å². The third-order valence-electron chi connectivity index (χ3n) is 3.21. The van der Waals surface area contributed by atoms with E-state index in [2.05, 4.69) is 21.4 Å². The van der Waals surface area contributed by atoms with Crippen LogP contribution in [0.15, 0.2) is 24.0 Å². The van der Waals surface area contributed by atoms with E-state index in [4.69, 9.17) is 0 Å². The van der Waals surface area contributed by atoms with Gasteiger partial charge in [0.25, 0.3) is 0 Å². The molecule has 0 amide bonds.